The van der Waals surface area contributed by atoms with Gasteiger partial charge in [0.1, 0.15) is 24.8 Å². The van der Waals surface area contributed by atoms with Gasteiger partial charge in [0.25, 0.3) is 5.56 Å². The Hall–Kier alpha value is -4.36. The van der Waals surface area contributed by atoms with Crippen molar-refractivity contribution in [3.8, 4) is 11.4 Å². The standard InChI is InChI=1S/C32H36FN5O7/c1-6-32(44-14-35-24(39)11-34)19-9-23-27-17(12-38(23)28(40)18(19)13-43-29(32)41)26-21(37-30(42)45-31(3,4)5)8-7-16-15(2)20(33)10-22(36-27)25(16)26/h9-10,21H,6-8,11-14,34H2,1-5H3,(H,35,39)(H,37,42)/t21-,32-/m0/s1. The van der Waals surface area contributed by atoms with E-state index in [0.717, 1.165) is 22.1 Å². The Morgan fingerprint density at radius 1 is 1.22 bits per heavy atom. The summed E-state index contributed by atoms with van der Waals surface area (Å²) in [5.41, 5.74) is 7.29. The lowest BCUT2D eigenvalue weighted by molar-refractivity contribution is -0.182. The minimum atomic E-state index is -1.67. The second-order valence-electron chi connectivity index (χ2n) is 12.6. The molecule has 0 saturated carbocycles. The minimum Gasteiger partial charge on any atom is -0.458 e. The fourth-order valence-corrected chi connectivity index (χ4v) is 6.69. The molecule has 12 nitrogen and oxygen atoms in total. The van der Waals surface area contributed by atoms with E-state index in [0.29, 0.717) is 40.9 Å². The summed E-state index contributed by atoms with van der Waals surface area (Å²) in [6, 6.07) is 2.60. The molecule has 0 radical (unpaired) electrons. The number of nitrogens with one attached hydrogen (secondary N) is 2. The Morgan fingerprint density at radius 2 is 1.98 bits per heavy atom. The lowest BCUT2D eigenvalue weighted by atomic mass is 9.81. The largest absolute Gasteiger partial charge is 0.458 e. The van der Waals surface area contributed by atoms with Crippen molar-refractivity contribution < 1.29 is 33.0 Å². The maximum Gasteiger partial charge on any atom is 0.408 e. The minimum absolute atomic E-state index is 0.110. The number of carbonyl (C=O) groups excluding carboxylic acids is 3. The van der Waals surface area contributed by atoms with Crippen LogP contribution in [0, 0.1) is 12.7 Å². The third kappa shape index (κ3) is 4.94. The van der Waals surface area contributed by atoms with E-state index in [1.54, 1.807) is 45.3 Å². The number of esters is 1. The molecule has 238 valence electrons. The van der Waals surface area contributed by atoms with Crippen LogP contribution in [0.25, 0.3) is 22.3 Å². The molecule has 6 rings (SSSR count). The SMILES string of the molecule is CC[C@@]1(OCNC(=O)CN)C(=O)OCc2c1cc1n(c2=O)Cc2c-1nc1cc(F)c(C)c3c1c2[C@@H](NC(=O)OC(C)(C)C)CC3. The third-order valence-corrected chi connectivity index (χ3v) is 8.81. The molecule has 45 heavy (non-hydrogen) atoms. The van der Waals surface area contributed by atoms with Gasteiger partial charge >= 0.3 is 12.1 Å². The molecule has 2 atom stereocenters. The molecular weight excluding hydrogens is 585 g/mol. The second kappa shape index (κ2) is 10.9. The zero-order valence-electron chi connectivity index (χ0n) is 25.9. The summed E-state index contributed by atoms with van der Waals surface area (Å²) in [7, 11) is 0. The maximum absolute atomic E-state index is 15.2. The van der Waals surface area contributed by atoms with Gasteiger partial charge in [-0.15, -0.1) is 0 Å². The number of halogens is 1. The first-order chi connectivity index (χ1) is 21.3. The molecule has 2 aromatic heterocycles. The molecule has 2 amide bonds. The number of hydrogen-bond donors (Lipinski definition) is 3. The molecule has 3 aromatic rings. The summed E-state index contributed by atoms with van der Waals surface area (Å²) < 4.78 is 33.7. The predicted octanol–water partition coefficient (Wildman–Crippen LogP) is 3.10. The van der Waals surface area contributed by atoms with Crippen LogP contribution in [-0.4, -0.2) is 46.4 Å². The molecule has 0 bridgehead atoms. The van der Waals surface area contributed by atoms with E-state index in [1.807, 2.05) is 0 Å². The first-order valence-electron chi connectivity index (χ1n) is 15.0. The zero-order valence-corrected chi connectivity index (χ0v) is 25.9. The van der Waals surface area contributed by atoms with Gasteiger partial charge in [-0.2, -0.15) is 0 Å². The quantitative estimate of drug-likeness (QED) is 0.217. The molecule has 4 heterocycles. The van der Waals surface area contributed by atoms with E-state index in [4.69, 9.17) is 24.9 Å². The number of amides is 2. The van der Waals surface area contributed by atoms with E-state index >= 15 is 4.39 Å². The van der Waals surface area contributed by atoms with Gasteiger partial charge in [0.05, 0.1) is 41.6 Å². The van der Waals surface area contributed by atoms with Crippen molar-refractivity contribution in [3.63, 3.8) is 0 Å². The highest BCUT2D eigenvalue weighted by atomic mass is 19.1. The number of alkyl carbamates (subject to hydrolysis) is 1. The molecule has 0 fully saturated rings. The van der Waals surface area contributed by atoms with E-state index in [1.165, 1.54) is 6.07 Å². The number of ether oxygens (including phenoxy) is 3. The summed E-state index contributed by atoms with van der Waals surface area (Å²) in [6.07, 6.45) is 0.539. The van der Waals surface area contributed by atoms with Crippen molar-refractivity contribution in [2.75, 3.05) is 13.3 Å². The fourth-order valence-electron chi connectivity index (χ4n) is 6.69. The summed E-state index contributed by atoms with van der Waals surface area (Å²) in [5.74, 6) is -1.56. The number of cyclic esters (lactones) is 1. The molecule has 0 spiro atoms. The Bertz CT molecular complexity index is 1850. The fraction of sp³-hybridized carbons (Fsp3) is 0.469. The predicted molar refractivity (Wildman–Crippen MR) is 161 cm³/mol. The number of hydrogen-bond acceptors (Lipinski definition) is 9. The average Bonchev–Trinajstić information content (AvgIpc) is 3.35. The Labute approximate surface area is 258 Å². The van der Waals surface area contributed by atoms with Crippen LogP contribution in [0.2, 0.25) is 0 Å². The van der Waals surface area contributed by atoms with E-state index in [9.17, 15) is 19.2 Å². The van der Waals surface area contributed by atoms with Gasteiger partial charge in [0.2, 0.25) is 5.91 Å². The number of pyridine rings is 2. The maximum atomic E-state index is 15.2. The van der Waals surface area contributed by atoms with Crippen molar-refractivity contribution >= 4 is 28.9 Å². The van der Waals surface area contributed by atoms with Crippen molar-refractivity contribution in [2.24, 2.45) is 5.73 Å². The van der Waals surface area contributed by atoms with Crippen LogP contribution in [0.15, 0.2) is 16.9 Å². The normalized spacial score (nSPS) is 19.8. The molecule has 2 aliphatic heterocycles. The van der Waals surface area contributed by atoms with Crippen molar-refractivity contribution in [1.82, 2.24) is 20.2 Å². The lowest BCUT2D eigenvalue weighted by Gasteiger charge is -2.36. The number of rotatable bonds is 6. The van der Waals surface area contributed by atoms with Gasteiger partial charge in [0, 0.05) is 22.6 Å². The highest BCUT2D eigenvalue weighted by molar-refractivity contribution is 5.93. The van der Waals surface area contributed by atoms with Gasteiger partial charge < -0.3 is 35.1 Å². The van der Waals surface area contributed by atoms with Gasteiger partial charge in [-0.25, -0.2) is 19.0 Å². The van der Waals surface area contributed by atoms with E-state index in [2.05, 4.69) is 10.6 Å². The topological polar surface area (TPSA) is 164 Å². The van der Waals surface area contributed by atoms with Gasteiger partial charge in [-0.1, -0.05) is 6.92 Å². The van der Waals surface area contributed by atoms with Gasteiger partial charge in [-0.05, 0) is 69.7 Å². The lowest BCUT2D eigenvalue weighted by Crippen LogP contribution is -2.48. The number of nitrogens with zero attached hydrogens (tertiary/aromatic N) is 2. The molecule has 3 aliphatic rings. The summed E-state index contributed by atoms with van der Waals surface area (Å²) in [5, 5.41) is 6.25. The van der Waals surface area contributed by atoms with Crippen LogP contribution in [0.1, 0.15) is 80.0 Å². The highest BCUT2D eigenvalue weighted by Gasteiger charge is 2.48. The molecule has 0 saturated heterocycles. The number of fused-ring (bicyclic) bond motifs is 5. The van der Waals surface area contributed by atoms with Gasteiger partial charge in [0.15, 0.2) is 5.60 Å². The van der Waals surface area contributed by atoms with Crippen LogP contribution in [0.5, 0.6) is 0 Å². The van der Waals surface area contributed by atoms with Crippen LogP contribution >= 0.6 is 0 Å². The molecule has 4 N–H and O–H groups in total. The first kappa shape index (κ1) is 30.7. The summed E-state index contributed by atoms with van der Waals surface area (Å²) >= 11 is 0. The summed E-state index contributed by atoms with van der Waals surface area (Å²) in [6.45, 7) is 8.10. The van der Waals surface area contributed by atoms with E-state index in [-0.39, 0.29) is 44.0 Å². The van der Waals surface area contributed by atoms with Gasteiger partial charge in [-0.3, -0.25) is 9.59 Å². The Balaban J connectivity index is 1.53. The molecule has 1 aliphatic carbocycles. The van der Waals surface area contributed by atoms with Crippen LogP contribution in [0.3, 0.4) is 0 Å². The number of nitrogens with two attached hydrogens (primary N) is 1. The van der Waals surface area contributed by atoms with Crippen molar-refractivity contribution in [1.29, 1.82) is 0 Å². The molecule has 1 aromatic carbocycles. The number of aryl methyl sites for hydroxylation is 1. The Kier molecular flexibility index (Phi) is 7.44. The zero-order chi connectivity index (χ0) is 32.4. The first-order valence-corrected chi connectivity index (χ1v) is 15.0. The highest BCUT2D eigenvalue weighted by Crippen LogP contribution is 2.46. The molecule has 0 unspecified atom stereocenters. The van der Waals surface area contributed by atoms with Crippen LogP contribution < -0.4 is 21.9 Å². The van der Waals surface area contributed by atoms with E-state index < -0.39 is 41.0 Å². The third-order valence-electron chi connectivity index (χ3n) is 8.81. The Morgan fingerprint density at radius 3 is 2.67 bits per heavy atom. The van der Waals surface area contributed by atoms with Crippen LogP contribution in [-0.2, 0) is 49.0 Å². The monoisotopic (exact) mass is 621 g/mol. The second-order valence-corrected chi connectivity index (χ2v) is 12.6. The van der Waals surface area contributed by atoms with Crippen molar-refractivity contribution in [2.45, 2.75) is 84.3 Å². The molecular formula is C32H36FN5O7. The van der Waals surface area contributed by atoms with Crippen LogP contribution in [0.4, 0.5) is 9.18 Å². The number of benzene rings is 1. The smallest absolute Gasteiger partial charge is 0.408 e. The number of aromatic nitrogens is 2. The average molecular weight is 622 g/mol. The molecule has 13 heteroatoms. The summed E-state index contributed by atoms with van der Waals surface area (Å²) in [4.78, 5) is 56.9. The van der Waals surface area contributed by atoms with Crippen molar-refractivity contribution in [3.05, 3.63) is 61.7 Å². The number of carbonyl (C=O) groups is 3.